The Kier molecular flexibility index (Phi) is 4.51. The van der Waals surface area contributed by atoms with E-state index < -0.39 is 24.2 Å². The maximum Gasteiger partial charge on any atom is 0.261 e. The van der Waals surface area contributed by atoms with Crippen LogP contribution in [-0.2, 0) is 6.42 Å². The van der Waals surface area contributed by atoms with Crippen molar-refractivity contribution in [2.24, 2.45) is 0 Å². The average molecular weight is 423 g/mol. The van der Waals surface area contributed by atoms with Gasteiger partial charge in [0, 0.05) is 17.0 Å². The molecule has 0 spiro atoms. The Morgan fingerprint density at radius 1 is 1.03 bits per heavy atom. The van der Waals surface area contributed by atoms with Gasteiger partial charge < -0.3 is 4.52 Å². The predicted octanol–water partition coefficient (Wildman–Crippen LogP) is 5.31. The van der Waals surface area contributed by atoms with Gasteiger partial charge in [-0.15, -0.1) is 0 Å². The van der Waals surface area contributed by atoms with E-state index in [0.717, 1.165) is 10.5 Å². The van der Waals surface area contributed by atoms with Crippen molar-refractivity contribution in [3.63, 3.8) is 0 Å². The van der Waals surface area contributed by atoms with Gasteiger partial charge in [-0.05, 0) is 42.7 Å². The molecule has 0 fully saturated rings. The maximum absolute atomic E-state index is 15.5. The Balaban J connectivity index is 1.53. The van der Waals surface area contributed by atoms with Crippen molar-refractivity contribution < 1.29 is 18.5 Å². The van der Waals surface area contributed by atoms with E-state index in [9.17, 15) is 9.59 Å². The molecule has 2 aliphatic rings. The molecule has 2 aromatic carbocycles. The number of allylic oxidation sites excluding steroid dienone is 1. The van der Waals surface area contributed by atoms with Gasteiger partial charge in [-0.3, -0.25) is 14.5 Å². The van der Waals surface area contributed by atoms with Crippen LogP contribution in [0, 0.1) is 0 Å². The third-order valence-corrected chi connectivity index (χ3v) is 5.77. The van der Waals surface area contributed by atoms with Crippen LogP contribution in [-0.4, -0.2) is 28.4 Å². The molecule has 30 heavy (non-hydrogen) atoms. The number of nitrogens with zero attached hydrogens (tertiary/aromatic N) is 2. The van der Waals surface area contributed by atoms with Crippen molar-refractivity contribution in [3.8, 4) is 11.3 Å². The molecule has 0 atom stereocenters. The van der Waals surface area contributed by atoms with E-state index in [4.69, 9.17) is 16.1 Å². The lowest BCUT2D eigenvalue weighted by atomic mass is 9.88. The van der Waals surface area contributed by atoms with Crippen LogP contribution >= 0.6 is 11.6 Å². The highest BCUT2D eigenvalue weighted by molar-refractivity contribution is 6.30. The third-order valence-electron chi connectivity index (χ3n) is 5.52. The van der Waals surface area contributed by atoms with E-state index in [2.05, 4.69) is 5.16 Å². The number of carbonyl (C=O) groups excluding carboxylic acids is 2. The highest BCUT2D eigenvalue weighted by Crippen LogP contribution is 2.40. The zero-order chi connectivity index (χ0) is 20.8. The first kappa shape index (κ1) is 18.8. The van der Waals surface area contributed by atoms with Crippen molar-refractivity contribution in [1.82, 2.24) is 10.1 Å². The summed E-state index contributed by atoms with van der Waals surface area (Å²) < 4.78 is 21.0. The van der Waals surface area contributed by atoms with Gasteiger partial charge in [-0.2, -0.15) is 0 Å². The Morgan fingerprint density at radius 2 is 1.70 bits per heavy atom. The molecule has 2 amide bonds. The van der Waals surface area contributed by atoms with Crippen LogP contribution in [0.25, 0.3) is 16.8 Å². The number of imide groups is 1. The molecule has 150 valence electrons. The van der Waals surface area contributed by atoms with Gasteiger partial charge in [0.15, 0.2) is 0 Å². The van der Waals surface area contributed by atoms with Crippen LogP contribution < -0.4 is 0 Å². The van der Waals surface area contributed by atoms with Gasteiger partial charge in [0.2, 0.25) is 0 Å². The van der Waals surface area contributed by atoms with Crippen molar-refractivity contribution >= 4 is 29.0 Å². The minimum absolute atomic E-state index is 0.302. The lowest BCUT2D eigenvalue weighted by Crippen LogP contribution is -2.31. The third kappa shape index (κ3) is 2.95. The molecule has 3 aromatic rings. The standard InChI is InChI=1S/C23H16ClFN2O3/c24-14-10-8-13(9-11-14)21-20-17(6-3-7-19(20)30-26-21)18(25)12-27-22(28)15-4-1-2-5-16(15)23(27)29/h1-2,4-5,8-11H,3,6-7,12H2. The van der Waals surface area contributed by atoms with E-state index in [1.54, 1.807) is 48.5 Å². The van der Waals surface area contributed by atoms with Crippen LogP contribution in [0.4, 0.5) is 4.39 Å². The highest BCUT2D eigenvalue weighted by Gasteiger charge is 2.37. The van der Waals surface area contributed by atoms with Gasteiger partial charge in [-0.1, -0.05) is 41.0 Å². The first-order valence-corrected chi connectivity index (χ1v) is 10.00. The van der Waals surface area contributed by atoms with Crippen molar-refractivity contribution in [2.45, 2.75) is 19.3 Å². The van der Waals surface area contributed by atoms with E-state index in [1.807, 2.05) is 0 Å². The minimum atomic E-state index is -0.524. The zero-order valence-electron chi connectivity index (χ0n) is 15.8. The van der Waals surface area contributed by atoms with Crippen molar-refractivity contribution in [2.75, 3.05) is 6.54 Å². The molecule has 0 bridgehead atoms. The second-order valence-corrected chi connectivity index (χ2v) is 7.75. The average Bonchev–Trinajstić information content (AvgIpc) is 3.30. The van der Waals surface area contributed by atoms with Crippen LogP contribution in [0.2, 0.25) is 5.02 Å². The van der Waals surface area contributed by atoms with Crippen LogP contribution in [0.1, 0.15) is 44.9 Å². The summed E-state index contributed by atoms with van der Waals surface area (Å²) in [6, 6.07) is 13.6. The maximum atomic E-state index is 15.5. The number of aromatic nitrogens is 1. The molecular formula is C23H16ClFN2O3. The zero-order valence-corrected chi connectivity index (χ0v) is 16.6. The smallest absolute Gasteiger partial charge is 0.261 e. The lowest BCUT2D eigenvalue weighted by molar-refractivity contribution is 0.0660. The van der Waals surface area contributed by atoms with Gasteiger partial charge in [0.05, 0.1) is 23.2 Å². The summed E-state index contributed by atoms with van der Waals surface area (Å²) in [6.07, 6.45) is 1.83. The van der Waals surface area contributed by atoms with E-state index in [0.29, 0.717) is 58.0 Å². The normalized spacial score (nSPS) is 17.2. The Bertz CT molecular complexity index is 1180. The Hall–Kier alpha value is -3.25. The molecule has 5 nitrogen and oxygen atoms in total. The molecule has 0 saturated heterocycles. The van der Waals surface area contributed by atoms with Crippen molar-refractivity contribution in [3.05, 3.63) is 81.8 Å². The Morgan fingerprint density at radius 3 is 2.37 bits per heavy atom. The van der Waals surface area contributed by atoms with Crippen LogP contribution in [0.3, 0.4) is 0 Å². The summed E-state index contributed by atoms with van der Waals surface area (Å²) in [5.74, 6) is -0.876. The second-order valence-electron chi connectivity index (χ2n) is 7.32. The fraction of sp³-hybridized carbons (Fsp3) is 0.174. The topological polar surface area (TPSA) is 63.4 Å². The lowest BCUT2D eigenvalue weighted by Gasteiger charge is -2.18. The summed E-state index contributed by atoms with van der Waals surface area (Å²) in [4.78, 5) is 26.2. The molecular weight excluding hydrogens is 407 g/mol. The molecule has 0 saturated carbocycles. The van der Waals surface area contributed by atoms with E-state index >= 15 is 4.39 Å². The Labute approximate surface area is 176 Å². The first-order valence-electron chi connectivity index (χ1n) is 9.62. The molecule has 1 aliphatic heterocycles. The van der Waals surface area contributed by atoms with Crippen LogP contribution in [0.5, 0.6) is 0 Å². The summed E-state index contributed by atoms with van der Waals surface area (Å²) in [6.45, 7) is -0.410. The van der Waals surface area contributed by atoms with E-state index in [1.165, 1.54) is 0 Å². The largest absolute Gasteiger partial charge is 0.360 e. The van der Waals surface area contributed by atoms with Gasteiger partial charge >= 0.3 is 0 Å². The van der Waals surface area contributed by atoms with Gasteiger partial charge in [0.1, 0.15) is 17.3 Å². The quantitative estimate of drug-likeness (QED) is 0.537. The molecule has 0 unspecified atom stereocenters. The van der Waals surface area contributed by atoms with Gasteiger partial charge in [0.25, 0.3) is 11.8 Å². The second kappa shape index (κ2) is 7.22. The summed E-state index contributed by atoms with van der Waals surface area (Å²) in [5.41, 5.74) is 2.94. The predicted molar refractivity (Wildman–Crippen MR) is 110 cm³/mol. The fourth-order valence-corrected chi connectivity index (χ4v) is 4.18. The number of halogens is 2. The number of amides is 2. The number of rotatable bonds is 3. The summed E-state index contributed by atoms with van der Waals surface area (Å²) in [5, 5.41) is 4.74. The number of carbonyl (C=O) groups is 2. The monoisotopic (exact) mass is 422 g/mol. The van der Waals surface area contributed by atoms with Gasteiger partial charge in [-0.25, -0.2) is 4.39 Å². The van der Waals surface area contributed by atoms with E-state index in [-0.39, 0.29) is 0 Å². The summed E-state index contributed by atoms with van der Waals surface area (Å²) in [7, 11) is 0. The van der Waals surface area contributed by atoms with Crippen LogP contribution in [0.15, 0.2) is 58.9 Å². The first-order chi connectivity index (χ1) is 14.5. The number of aryl methyl sites for hydroxylation is 1. The van der Waals surface area contributed by atoms with Crippen molar-refractivity contribution in [1.29, 1.82) is 0 Å². The fourth-order valence-electron chi connectivity index (χ4n) is 4.05. The molecule has 2 heterocycles. The number of hydrogen-bond donors (Lipinski definition) is 0. The summed E-state index contributed by atoms with van der Waals surface area (Å²) >= 11 is 5.97. The molecule has 0 N–H and O–H groups in total. The molecule has 7 heteroatoms. The minimum Gasteiger partial charge on any atom is -0.360 e. The number of hydrogen-bond acceptors (Lipinski definition) is 4. The molecule has 5 rings (SSSR count). The highest BCUT2D eigenvalue weighted by atomic mass is 35.5. The molecule has 1 aromatic heterocycles. The number of benzene rings is 2. The molecule has 1 aliphatic carbocycles. The SMILES string of the molecule is O=C1c2ccccc2C(=O)N1CC(F)=C1CCCc2onc(-c3ccc(Cl)cc3)c21. The molecule has 0 radical (unpaired) electrons. The number of fused-ring (bicyclic) bond motifs is 2.